The number of methoxy groups -OCH3 is 1. The molecule has 0 aliphatic carbocycles. The van der Waals surface area contributed by atoms with E-state index in [0.717, 1.165) is 47.7 Å². The topological polar surface area (TPSA) is 49.8 Å². The molecular formula is C16H20BrNO3. The van der Waals surface area contributed by atoms with Crippen LogP contribution in [0.2, 0.25) is 0 Å². The third kappa shape index (κ3) is 4.08. The molecule has 114 valence electrons. The Hall–Kier alpha value is -1.33. The zero-order chi connectivity index (χ0) is 15.5. The van der Waals surface area contributed by atoms with Crippen molar-refractivity contribution in [2.45, 2.75) is 25.4 Å². The van der Waals surface area contributed by atoms with Crippen molar-refractivity contribution < 1.29 is 14.6 Å². The molecule has 0 amide bonds. The maximum atomic E-state index is 10.6. The number of rotatable bonds is 4. The first-order valence-electron chi connectivity index (χ1n) is 6.94. The van der Waals surface area contributed by atoms with Gasteiger partial charge >= 0.3 is 5.97 Å². The molecule has 1 aliphatic heterocycles. The lowest BCUT2D eigenvalue weighted by atomic mass is 9.94. The Balaban J connectivity index is 2.18. The number of nitrogens with zero attached hydrogens (tertiary/aromatic N) is 1. The molecule has 4 nitrogen and oxygen atoms in total. The predicted molar refractivity (Wildman–Crippen MR) is 87.7 cm³/mol. The van der Waals surface area contributed by atoms with Gasteiger partial charge in [-0.15, -0.1) is 0 Å². The summed E-state index contributed by atoms with van der Waals surface area (Å²) in [6.45, 7) is 4.01. The van der Waals surface area contributed by atoms with Gasteiger partial charge in [-0.1, -0.05) is 22.0 Å². The van der Waals surface area contributed by atoms with Crippen LogP contribution in [0.25, 0.3) is 6.08 Å². The van der Waals surface area contributed by atoms with E-state index in [2.05, 4.69) is 27.8 Å². The summed E-state index contributed by atoms with van der Waals surface area (Å²) in [5.41, 5.74) is 1.87. The minimum atomic E-state index is -0.946. The first-order valence-corrected chi connectivity index (χ1v) is 7.73. The van der Waals surface area contributed by atoms with Gasteiger partial charge in [0, 0.05) is 36.4 Å². The number of halogens is 1. The summed E-state index contributed by atoms with van der Waals surface area (Å²) >= 11 is 3.51. The molecule has 1 aromatic rings. The fourth-order valence-corrected chi connectivity index (χ4v) is 3.10. The van der Waals surface area contributed by atoms with Crippen LogP contribution in [-0.4, -0.2) is 36.9 Å². The standard InChI is InChI=1S/C16H20BrNO3/c1-16(21-2)8-3-9-18(11-16)13-6-4-12(14(17)10-13)5-7-15(19)20/h4-7,10H,3,8-9,11H2,1-2H3,(H,19,20)/b7-5+. The summed E-state index contributed by atoms with van der Waals surface area (Å²) in [5.74, 6) is -0.946. The third-order valence-corrected chi connectivity index (χ3v) is 4.59. The van der Waals surface area contributed by atoms with Crippen molar-refractivity contribution in [3.8, 4) is 0 Å². The molecule has 0 saturated carbocycles. The molecule has 1 unspecified atom stereocenters. The van der Waals surface area contributed by atoms with Crippen molar-refractivity contribution in [3.05, 3.63) is 34.3 Å². The lowest BCUT2D eigenvalue weighted by Crippen LogP contribution is -2.47. The van der Waals surface area contributed by atoms with Gasteiger partial charge in [0.25, 0.3) is 0 Å². The van der Waals surface area contributed by atoms with Gasteiger partial charge in [-0.3, -0.25) is 0 Å². The van der Waals surface area contributed by atoms with Crippen molar-refractivity contribution >= 4 is 33.7 Å². The lowest BCUT2D eigenvalue weighted by Gasteiger charge is -2.40. The van der Waals surface area contributed by atoms with Crippen molar-refractivity contribution in [3.63, 3.8) is 0 Å². The van der Waals surface area contributed by atoms with E-state index in [1.165, 1.54) is 0 Å². The summed E-state index contributed by atoms with van der Waals surface area (Å²) in [5, 5.41) is 8.68. The molecule has 1 heterocycles. The highest BCUT2D eigenvalue weighted by Crippen LogP contribution is 2.31. The quantitative estimate of drug-likeness (QED) is 0.841. The smallest absolute Gasteiger partial charge is 0.328 e. The number of hydrogen-bond acceptors (Lipinski definition) is 3. The number of piperidine rings is 1. The maximum Gasteiger partial charge on any atom is 0.328 e. The van der Waals surface area contributed by atoms with Crippen molar-refractivity contribution in [2.24, 2.45) is 0 Å². The highest BCUT2D eigenvalue weighted by molar-refractivity contribution is 9.10. The number of hydrogen-bond donors (Lipinski definition) is 1. The van der Waals surface area contributed by atoms with Crippen molar-refractivity contribution in [2.75, 3.05) is 25.1 Å². The predicted octanol–water partition coefficient (Wildman–Crippen LogP) is 3.55. The summed E-state index contributed by atoms with van der Waals surface area (Å²) in [4.78, 5) is 12.9. The van der Waals surface area contributed by atoms with Crippen LogP contribution in [0.1, 0.15) is 25.3 Å². The molecule has 0 aromatic heterocycles. The molecule has 2 rings (SSSR count). The molecule has 0 radical (unpaired) electrons. The average molecular weight is 354 g/mol. The van der Waals surface area contributed by atoms with Crippen molar-refractivity contribution in [1.29, 1.82) is 0 Å². The number of benzene rings is 1. The van der Waals surface area contributed by atoms with Crippen LogP contribution in [0.3, 0.4) is 0 Å². The second kappa shape index (κ2) is 6.62. The fourth-order valence-electron chi connectivity index (χ4n) is 2.60. The minimum absolute atomic E-state index is 0.105. The van der Waals surface area contributed by atoms with Gasteiger partial charge in [0.05, 0.1) is 5.60 Å². The Morgan fingerprint density at radius 1 is 1.52 bits per heavy atom. The minimum Gasteiger partial charge on any atom is -0.478 e. The molecule has 1 fully saturated rings. The Labute approximate surface area is 133 Å². The maximum absolute atomic E-state index is 10.6. The molecule has 0 bridgehead atoms. The number of carboxylic acids is 1. The Morgan fingerprint density at radius 3 is 2.90 bits per heavy atom. The Morgan fingerprint density at radius 2 is 2.29 bits per heavy atom. The van der Waals surface area contributed by atoms with E-state index in [9.17, 15) is 4.79 Å². The zero-order valence-electron chi connectivity index (χ0n) is 12.3. The van der Waals surface area contributed by atoms with Gasteiger partial charge in [-0.05, 0) is 43.5 Å². The molecule has 1 aromatic carbocycles. The first-order chi connectivity index (χ1) is 9.93. The number of aliphatic carboxylic acids is 1. The largest absolute Gasteiger partial charge is 0.478 e. The van der Waals surface area contributed by atoms with Gasteiger partial charge in [0.1, 0.15) is 0 Å². The Bertz CT molecular complexity index is 558. The van der Waals surface area contributed by atoms with Crippen LogP contribution in [0, 0.1) is 0 Å². The molecule has 21 heavy (non-hydrogen) atoms. The van der Waals surface area contributed by atoms with Crippen LogP contribution < -0.4 is 4.90 Å². The van der Waals surface area contributed by atoms with E-state index < -0.39 is 5.97 Å². The molecule has 0 spiro atoms. The summed E-state index contributed by atoms with van der Waals surface area (Å²) in [7, 11) is 1.76. The van der Waals surface area contributed by atoms with Crippen LogP contribution in [0.15, 0.2) is 28.7 Å². The number of carbonyl (C=O) groups is 1. The molecule has 1 atom stereocenters. The number of carboxylic acid groups (broad SMARTS) is 1. The van der Waals surface area contributed by atoms with Crippen molar-refractivity contribution in [1.82, 2.24) is 0 Å². The molecule has 5 heteroatoms. The monoisotopic (exact) mass is 353 g/mol. The highest BCUT2D eigenvalue weighted by Gasteiger charge is 2.30. The molecule has 1 N–H and O–H groups in total. The second-order valence-electron chi connectivity index (χ2n) is 5.56. The second-order valence-corrected chi connectivity index (χ2v) is 6.41. The summed E-state index contributed by atoms with van der Waals surface area (Å²) < 4.78 is 6.51. The average Bonchev–Trinajstić information content (AvgIpc) is 2.46. The first kappa shape index (κ1) is 16.0. The van der Waals surface area contributed by atoms with E-state index in [0.29, 0.717) is 0 Å². The fraction of sp³-hybridized carbons (Fsp3) is 0.438. The van der Waals surface area contributed by atoms with Crippen LogP contribution in [0.4, 0.5) is 5.69 Å². The number of anilines is 1. The van der Waals surface area contributed by atoms with Gasteiger partial charge in [0.2, 0.25) is 0 Å². The van der Waals surface area contributed by atoms with E-state index in [1.54, 1.807) is 13.2 Å². The van der Waals surface area contributed by atoms with E-state index in [1.807, 2.05) is 18.2 Å². The van der Waals surface area contributed by atoms with Gasteiger partial charge in [-0.25, -0.2) is 4.79 Å². The SMILES string of the molecule is COC1(C)CCCN(c2ccc(/C=C/C(=O)O)c(Br)c2)C1. The van der Waals surface area contributed by atoms with Crippen LogP contribution in [0.5, 0.6) is 0 Å². The van der Waals surface area contributed by atoms with Gasteiger partial charge < -0.3 is 14.7 Å². The van der Waals surface area contributed by atoms with Crippen LogP contribution in [-0.2, 0) is 9.53 Å². The van der Waals surface area contributed by atoms with E-state index in [4.69, 9.17) is 9.84 Å². The molecule has 1 aliphatic rings. The highest BCUT2D eigenvalue weighted by atomic mass is 79.9. The zero-order valence-corrected chi connectivity index (χ0v) is 13.9. The summed E-state index contributed by atoms with van der Waals surface area (Å²) in [6, 6.07) is 5.98. The lowest BCUT2D eigenvalue weighted by molar-refractivity contribution is -0.131. The van der Waals surface area contributed by atoms with Gasteiger partial charge in [0.15, 0.2) is 0 Å². The van der Waals surface area contributed by atoms with E-state index in [-0.39, 0.29) is 5.60 Å². The normalized spacial score (nSPS) is 22.7. The summed E-state index contributed by atoms with van der Waals surface area (Å²) in [6.07, 6.45) is 4.90. The number of ether oxygens (including phenoxy) is 1. The molecular weight excluding hydrogens is 334 g/mol. The Kier molecular flexibility index (Phi) is 5.06. The third-order valence-electron chi connectivity index (χ3n) is 3.91. The van der Waals surface area contributed by atoms with Gasteiger partial charge in [-0.2, -0.15) is 0 Å². The van der Waals surface area contributed by atoms with Crippen LogP contribution >= 0.6 is 15.9 Å². The molecule has 1 saturated heterocycles. The van der Waals surface area contributed by atoms with E-state index >= 15 is 0 Å².